The second kappa shape index (κ2) is 8.23. The number of carbonyl (C=O) groups excluding carboxylic acids is 2. The lowest BCUT2D eigenvalue weighted by molar-refractivity contribution is -0.122. The highest BCUT2D eigenvalue weighted by atomic mass is 35.5. The van der Waals surface area contributed by atoms with Gasteiger partial charge in [-0.2, -0.15) is 0 Å². The van der Waals surface area contributed by atoms with E-state index in [2.05, 4.69) is 16.1 Å². The topological polar surface area (TPSA) is 64.6 Å². The van der Waals surface area contributed by atoms with Gasteiger partial charge in [0.05, 0.1) is 17.7 Å². The molecule has 0 heterocycles. The Morgan fingerprint density at radius 1 is 1.12 bits per heavy atom. The fourth-order valence-corrected chi connectivity index (χ4v) is 2.68. The number of ether oxygens (including phenoxy) is 2. The number of esters is 1. The molecule has 0 unspecified atom stereocenters. The van der Waals surface area contributed by atoms with Crippen LogP contribution in [0.3, 0.4) is 0 Å². The molecule has 1 N–H and O–H groups in total. The number of amides is 1. The molecule has 0 aliphatic heterocycles. The Morgan fingerprint density at radius 2 is 1.81 bits per heavy atom. The third-order valence-corrected chi connectivity index (χ3v) is 4.41. The van der Waals surface area contributed by atoms with Gasteiger partial charge >= 0.3 is 5.97 Å². The molecular weight excluding hydrogens is 354 g/mol. The van der Waals surface area contributed by atoms with Crippen LogP contribution in [0.5, 0.6) is 5.75 Å². The zero-order valence-electron chi connectivity index (χ0n) is 15.5. The molecule has 0 aliphatic carbocycles. The summed E-state index contributed by atoms with van der Waals surface area (Å²) in [6.07, 6.45) is -0.716. The van der Waals surface area contributed by atoms with E-state index in [1.165, 1.54) is 19.2 Å². The molecule has 1 atom stereocenters. The van der Waals surface area contributed by atoms with Crippen LogP contribution < -0.4 is 10.1 Å². The number of aryl methyl sites for hydroxylation is 2. The number of methoxy groups -OCH3 is 1. The SMILES string of the molecule is COC(=O)c1cc(NC(=O)[C@H](C)Oc2cc(C)cc(C)c2C)ccc1Cl. The zero-order valence-corrected chi connectivity index (χ0v) is 16.2. The van der Waals surface area contributed by atoms with E-state index in [-0.39, 0.29) is 16.5 Å². The maximum absolute atomic E-state index is 12.4. The van der Waals surface area contributed by atoms with Crippen LogP contribution in [0.1, 0.15) is 34.0 Å². The average molecular weight is 376 g/mol. The summed E-state index contributed by atoms with van der Waals surface area (Å²) in [6.45, 7) is 7.61. The number of halogens is 1. The van der Waals surface area contributed by atoms with Crippen molar-refractivity contribution in [1.29, 1.82) is 0 Å². The van der Waals surface area contributed by atoms with E-state index in [1.54, 1.807) is 13.0 Å². The lowest BCUT2D eigenvalue weighted by atomic mass is 10.1. The first-order valence-electron chi connectivity index (χ1n) is 8.16. The van der Waals surface area contributed by atoms with Gasteiger partial charge in [-0.15, -0.1) is 0 Å². The molecule has 2 aromatic rings. The Balaban J connectivity index is 2.14. The number of anilines is 1. The Hall–Kier alpha value is -2.53. The van der Waals surface area contributed by atoms with Gasteiger partial charge in [0.15, 0.2) is 6.10 Å². The van der Waals surface area contributed by atoms with E-state index in [0.29, 0.717) is 11.4 Å². The van der Waals surface area contributed by atoms with Crippen LogP contribution in [-0.2, 0) is 9.53 Å². The minimum absolute atomic E-state index is 0.186. The third kappa shape index (κ3) is 4.55. The molecular formula is C20H22ClNO4. The molecule has 0 saturated carbocycles. The fourth-order valence-electron chi connectivity index (χ4n) is 2.48. The first kappa shape index (κ1) is 19.8. The zero-order chi connectivity index (χ0) is 19.4. The second-order valence-corrected chi connectivity index (χ2v) is 6.55. The van der Waals surface area contributed by atoms with Crippen LogP contribution in [0, 0.1) is 20.8 Å². The highest BCUT2D eigenvalue weighted by Gasteiger charge is 2.18. The summed E-state index contributed by atoms with van der Waals surface area (Å²) < 4.78 is 10.5. The van der Waals surface area contributed by atoms with Crippen molar-refractivity contribution in [3.05, 3.63) is 57.6 Å². The van der Waals surface area contributed by atoms with Gasteiger partial charge in [-0.05, 0) is 68.7 Å². The molecule has 26 heavy (non-hydrogen) atoms. The second-order valence-electron chi connectivity index (χ2n) is 6.14. The van der Waals surface area contributed by atoms with Gasteiger partial charge in [0.25, 0.3) is 5.91 Å². The van der Waals surface area contributed by atoms with E-state index in [1.807, 2.05) is 26.8 Å². The minimum atomic E-state index is -0.716. The summed E-state index contributed by atoms with van der Waals surface area (Å²) >= 11 is 5.99. The van der Waals surface area contributed by atoms with Crippen molar-refractivity contribution < 1.29 is 19.1 Å². The largest absolute Gasteiger partial charge is 0.481 e. The molecule has 0 spiro atoms. The molecule has 0 aromatic heterocycles. The van der Waals surface area contributed by atoms with E-state index < -0.39 is 12.1 Å². The van der Waals surface area contributed by atoms with Crippen molar-refractivity contribution in [1.82, 2.24) is 0 Å². The average Bonchev–Trinajstić information content (AvgIpc) is 2.60. The van der Waals surface area contributed by atoms with Crippen LogP contribution in [-0.4, -0.2) is 25.1 Å². The van der Waals surface area contributed by atoms with E-state index in [0.717, 1.165) is 16.7 Å². The van der Waals surface area contributed by atoms with E-state index in [9.17, 15) is 9.59 Å². The maximum atomic E-state index is 12.4. The predicted octanol–water partition coefficient (Wildman–Crippen LogP) is 4.46. The van der Waals surface area contributed by atoms with Crippen LogP contribution >= 0.6 is 11.6 Å². The lowest BCUT2D eigenvalue weighted by Crippen LogP contribution is -2.30. The van der Waals surface area contributed by atoms with Crippen LogP contribution in [0.2, 0.25) is 5.02 Å². The summed E-state index contributed by atoms with van der Waals surface area (Å²) in [4.78, 5) is 24.2. The van der Waals surface area contributed by atoms with E-state index in [4.69, 9.17) is 16.3 Å². The number of hydrogen-bond donors (Lipinski definition) is 1. The molecule has 2 aromatic carbocycles. The number of carbonyl (C=O) groups is 2. The van der Waals surface area contributed by atoms with Crippen LogP contribution in [0.4, 0.5) is 5.69 Å². The van der Waals surface area contributed by atoms with Gasteiger partial charge in [-0.3, -0.25) is 4.79 Å². The molecule has 5 nitrogen and oxygen atoms in total. The molecule has 0 aliphatic rings. The summed E-state index contributed by atoms with van der Waals surface area (Å²) in [5.74, 6) is -0.223. The molecule has 0 bridgehead atoms. The monoisotopic (exact) mass is 375 g/mol. The molecule has 0 radical (unpaired) electrons. The summed E-state index contributed by atoms with van der Waals surface area (Å²) in [6, 6.07) is 8.59. The Bertz CT molecular complexity index is 848. The van der Waals surface area contributed by atoms with Gasteiger partial charge in [0, 0.05) is 5.69 Å². The first-order chi connectivity index (χ1) is 12.2. The Morgan fingerprint density at radius 3 is 2.46 bits per heavy atom. The molecule has 138 valence electrons. The molecule has 2 rings (SSSR count). The van der Waals surface area contributed by atoms with E-state index >= 15 is 0 Å². The highest BCUT2D eigenvalue weighted by Crippen LogP contribution is 2.25. The van der Waals surface area contributed by atoms with Gasteiger partial charge in [-0.1, -0.05) is 17.7 Å². The molecule has 1 amide bonds. The van der Waals surface area contributed by atoms with Crippen molar-refractivity contribution in [3.63, 3.8) is 0 Å². The van der Waals surface area contributed by atoms with Gasteiger partial charge < -0.3 is 14.8 Å². The first-order valence-corrected chi connectivity index (χ1v) is 8.54. The molecule has 0 fully saturated rings. The fraction of sp³-hybridized carbons (Fsp3) is 0.300. The quantitative estimate of drug-likeness (QED) is 0.784. The minimum Gasteiger partial charge on any atom is -0.481 e. The number of hydrogen-bond acceptors (Lipinski definition) is 4. The smallest absolute Gasteiger partial charge is 0.339 e. The van der Waals surface area contributed by atoms with Crippen LogP contribution in [0.15, 0.2) is 30.3 Å². The maximum Gasteiger partial charge on any atom is 0.339 e. The van der Waals surface area contributed by atoms with Gasteiger partial charge in [0.2, 0.25) is 0 Å². The van der Waals surface area contributed by atoms with Crippen LogP contribution in [0.25, 0.3) is 0 Å². The number of nitrogens with one attached hydrogen (secondary N) is 1. The predicted molar refractivity (Wildman–Crippen MR) is 102 cm³/mol. The molecule has 0 saturated heterocycles. The lowest BCUT2D eigenvalue weighted by Gasteiger charge is -2.18. The summed E-state index contributed by atoms with van der Waals surface area (Å²) in [7, 11) is 1.27. The summed E-state index contributed by atoms with van der Waals surface area (Å²) in [5.41, 5.74) is 3.79. The third-order valence-electron chi connectivity index (χ3n) is 4.08. The van der Waals surface area contributed by atoms with Gasteiger partial charge in [0.1, 0.15) is 5.75 Å². The Labute approximate surface area is 158 Å². The van der Waals surface area contributed by atoms with Gasteiger partial charge in [-0.25, -0.2) is 4.79 Å². The van der Waals surface area contributed by atoms with Crippen molar-refractivity contribution in [2.75, 3.05) is 12.4 Å². The summed E-state index contributed by atoms with van der Waals surface area (Å²) in [5, 5.41) is 2.98. The Kier molecular flexibility index (Phi) is 6.27. The normalized spacial score (nSPS) is 11.6. The van der Waals surface area contributed by atoms with Crippen molar-refractivity contribution >= 4 is 29.2 Å². The highest BCUT2D eigenvalue weighted by molar-refractivity contribution is 6.33. The van der Waals surface area contributed by atoms with Crippen molar-refractivity contribution in [2.45, 2.75) is 33.8 Å². The van der Waals surface area contributed by atoms with Crippen molar-refractivity contribution in [2.24, 2.45) is 0 Å². The van der Waals surface area contributed by atoms with Crippen molar-refractivity contribution in [3.8, 4) is 5.75 Å². The molecule has 6 heteroatoms. The standard InChI is InChI=1S/C20H22ClNO4/c1-11-8-12(2)13(3)18(9-11)26-14(4)19(23)22-15-6-7-17(21)16(10-15)20(24)25-5/h6-10,14H,1-5H3,(H,22,23)/t14-/m0/s1. The number of benzene rings is 2. The number of rotatable bonds is 5.